The molecular weight excluding hydrogens is 324 g/mol. The first-order chi connectivity index (χ1) is 11.6. The molecular formula is C17H18N4O2S. The number of hydrogen-bond donors (Lipinski definition) is 2. The first-order valence-electron chi connectivity index (χ1n) is 7.96. The third-order valence-corrected chi connectivity index (χ3v) is 5.28. The van der Waals surface area contributed by atoms with Crippen LogP contribution in [0, 0.1) is 13.8 Å². The molecule has 0 spiro atoms. The zero-order valence-corrected chi connectivity index (χ0v) is 14.4. The summed E-state index contributed by atoms with van der Waals surface area (Å²) in [5.74, 6) is 0.879. The zero-order valence-electron chi connectivity index (χ0n) is 13.5. The topological polar surface area (TPSA) is 83.8 Å². The number of nitrogens with zero attached hydrogens (tertiary/aromatic N) is 2. The van der Waals surface area contributed by atoms with E-state index in [4.69, 9.17) is 4.42 Å². The van der Waals surface area contributed by atoms with Crippen LogP contribution in [0.15, 0.2) is 21.9 Å². The van der Waals surface area contributed by atoms with Gasteiger partial charge in [-0.25, -0.2) is 4.98 Å². The summed E-state index contributed by atoms with van der Waals surface area (Å²) >= 11 is 1.54. The summed E-state index contributed by atoms with van der Waals surface area (Å²) in [4.78, 5) is 17.9. The molecule has 4 rings (SSSR count). The molecule has 1 aliphatic carbocycles. The van der Waals surface area contributed by atoms with Crippen LogP contribution < -0.4 is 5.32 Å². The van der Waals surface area contributed by atoms with E-state index in [-0.39, 0.29) is 11.9 Å². The van der Waals surface area contributed by atoms with Crippen LogP contribution in [0.25, 0.3) is 10.8 Å². The van der Waals surface area contributed by atoms with Crippen molar-refractivity contribution < 1.29 is 9.21 Å². The van der Waals surface area contributed by atoms with E-state index in [0.717, 1.165) is 35.5 Å². The average Bonchev–Trinajstić information content (AvgIpc) is 3.28. The van der Waals surface area contributed by atoms with E-state index in [1.165, 1.54) is 5.56 Å². The number of fused-ring (bicyclic) bond motifs is 1. The van der Waals surface area contributed by atoms with Crippen LogP contribution >= 0.6 is 11.3 Å². The number of amides is 1. The molecule has 1 aliphatic rings. The van der Waals surface area contributed by atoms with E-state index in [1.807, 2.05) is 24.4 Å². The fourth-order valence-corrected chi connectivity index (χ4v) is 3.78. The largest absolute Gasteiger partial charge is 0.440 e. The Bertz CT molecular complexity index is 879. The number of thiophene rings is 1. The highest BCUT2D eigenvalue weighted by atomic mass is 32.1. The van der Waals surface area contributed by atoms with E-state index in [0.29, 0.717) is 17.3 Å². The van der Waals surface area contributed by atoms with Gasteiger partial charge in [-0.1, -0.05) is 6.07 Å². The van der Waals surface area contributed by atoms with E-state index in [2.05, 4.69) is 20.5 Å². The predicted molar refractivity (Wildman–Crippen MR) is 91.2 cm³/mol. The Morgan fingerprint density at radius 2 is 2.33 bits per heavy atom. The molecule has 3 aromatic heterocycles. The van der Waals surface area contributed by atoms with Crippen molar-refractivity contribution in [3.63, 3.8) is 0 Å². The van der Waals surface area contributed by atoms with Crippen LogP contribution in [-0.2, 0) is 12.8 Å². The number of hydrogen-bond acceptors (Lipinski definition) is 5. The van der Waals surface area contributed by atoms with Gasteiger partial charge >= 0.3 is 0 Å². The predicted octanol–water partition coefficient (Wildman–Crippen LogP) is 3.03. The maximum atomic E-state index is 12.6. The number of aryl methyl sites for hydroxylation is 3. The molecule has 1 amide bonds. The van der Waals surface area contributed by atoms with Gasteiger partial charge in [-0.05, 0) is 50.1 Å². The third-order valence-electron chi connectivity index (χ3n) is 4.42. The lowest BCUT2D eigenvalue weighted by Gasteiger charge is -2.22. The summed E-state index contributed by atoms with van der Waals surface area (Å²) in [6.45, 7) is 3.79. The quantitative estimate of drug-likeness (QED) is 0.766. The van der Waals surface area contributed by atoms with E-state index in [9.17, 15) is 4.79 Å². The molecule has 0 saturated heterocycles. The summed E-state index contributed by atoms with van der Waals surface area (Å²) in [5.41, 5.74) is 3.80. The van der Waals surface area contributed by atoms with E-state index in [1.54, 1.807) is 18.3 Å². The van der Waals surface area contributed by atoms with Crippen molar-refractivity contribution in [1.82, 2.24) is 20.5 Å². The Balaban J connectivity index is 1.50. The lowest BCUT2D eigenvalue weighted by Crippen LogP contribution is -2.39. The molecule has 0 aromatic carbocycles. The molecule has 0 saturated carbocycles. The second kappa shape index (κ2) is 5.90. The monoisotopic (exact) mass is 342 g/mol. The maximum absolute atomic E-state index is 12.6. The number of oxazole rings is 1. The minimum absolute atomic E-state index is 0.0996. The minimum atomic E-state index is -0.173. The van der Waals surface area contributed by atoms with Gasteiger partial charge in [0.25, 0.3) is 5.91 Å². The number of carbonyl (C=O) groups excluding carboxylic acids is 1. The second-order valence-corrected chi connectivity index (χ2v) is 7.04. The molecule has 0 aliphatic heterocycles. The van der Waals surface area contributed by atoms with Crippen LogP contribution in [0.2, 0.25) is 0 Å². The van der Waals surface area contributed by atoms with Gasteiger partial charge in [0.05, 0.1) is 10.6 Å². The Morgan fingerprint density at radius 1 is 1.46 bits per heavy atom. The van der Waals surface area contributed by atoms with Gasteiger partial charge in [0.1, 0.15) is 5.76 Å². The van der Waals surface area contributed by atoms with Crippen molar-refractivity contribution in [2.75, 3.05) is 0 Å². The number of aromatic amines is 1. The molecule has 24 heavy (non-hydrogen) atoms. The average molecular weight is 342 g/mol. The van der Waals surface area contributed by atoms with Crippen LogP contribution in [-0.4, -0.2) is 27.1 Å². The second-order valence-electron chi connectivity index (χ2n) is 6.09. The molecule has 124 valence electrons. The number of nitrogens with one attached hydrogen (secondary N) is 2. The normalized spacial score (nSPS) is 16.8. The lowest BCUT2D eigenvalue weighted by atomic mass is 9.92. The number of carbonyl (C=O) groups is 1. The maximum Gasteiger partial charge on any atom is 0.273 e. The molecule has 3 aromatic rings. The molecule has 6 nitrogen and oxygen atoms in total. The minimum Gasteiger partial charge on any atom is -0.440 e. The highest BCUT2D eigenvalue weighted by molar-refractivity contribution is 7.13. The van der Waals surface area contributed by atoms with Gasteiger partial charge in [0, 0.05) is 11.7 Å². The van der Waals surface area contributed by atoms with Gasteiger partial charge < -0.3 is 9.73 Å². The van der Waals surface area contributed by atoms with Crippen molar-refractivity contribution in [1.29, 1.82) is 0 Å². The Morgan fingerprint density at radius 3 is 3.12 bits per heavy atom. The smallest absolute Gasteiger partial charge is 0.273 e. The highest BCUT2D eigenvalue weighted by Gasteiger charge is 2.26. The lowest BCUT2D eigenvalue weighted by molar-refractivity contribution is 0.0927. The molecule has 0 radical (unpaired) electrons. The third kappa shape index (κ3) is 2.65. The van der Waals surface area contributed by atoms with Crippen molar-refractivity contribution in [3.05, 3.63) is 45.9 Å². The Kier molecular flexibility index (Phi) is 3.72. The van der Waals surface area contributed by atoms with Gasteiger partial charge in [-0.2, -0.15) is 5.10 Å². The number of H-pyrrole nitrogens is 1. The van der Waals surface area contributed by atoms with Crippen molar-refractivity contribution in [3.8, 4) is 10.8 Å². The molecule has 3 heterocycles. The van der Waals surface area contributed by atoms with E-state index >= 15 is 0 Å². The fraction of sp³-hybridized carbons (Fsp3) is 0.353. The standard InChI is InChI=1S/C17H18N4O2S/c1-9-12-8-11(5-6-13(12)21-20-9)18-16(22)15-10(2)23-17(19-15)14-4-3-7-24-14/h3-4,7,11H,5-6,8H2,1-2H3,(H,18,22)(H,20,21). The van der Waals surface area contributed by atoms with Crippen LogP contribution in [0.5, 0.6) is 0 Å². The molecule has 0 fully saturated rings. The number of aromatic nitrogens is 3. The summed E-state index contributed by atoms with van der Waals surface area (Å²) in [5, 5.41) is 12.4. The van der Waals surface area contributed by atoms with Gasteiger partial charge in [0.15, 0.2) is 5.69 Å². The highest BCUT2D eigenvalue weighted by Crippen LogP contribution is 2.26. The van der Waals surface area contributed by atoms with Gasteiger partial charge in [0.2, 0.25) is 5.89 Å². The zero-order chi connectivity index (χ0) is 16.7. The summed E-state index contributed by atoms with van der Waals surface area (Å²) in [7, 11) is 0. The first kappa shape index (κ1) is 15.1. The molecule has 7 heteroatoms. The van der Waals surface area contributed by atoms with Gasteiger partial charge in [-0.3, -0.25) is 9.89 Å². The first-order valence-corrected chi connectivity index (χ1v) is 8.84. The van der Waals surface area contributed by atoms with Crippen LogP contribution in [0.4, 0.5) is 0 Å². The van der Waals surface area contributed by atoms with Crippen LogP contribution in [0.1, 0.15) is 39.6 Å². The van der Waals surface area contributed by atoms with Crippen molar-refractivity contribution >= 4 is 17.2 Å². The fourth-order valence-electron chi connectivity index (χ4n) is 3.13. The van der Waals surface area contributed by atoms with E-state index < -0.39 is 0 Å². The van der Waals surface area contributed by atoms with Crippen LogP contribution in [0.3, 0.4) is 0 Å². The summed E-state index contributed by atoms with van der Waals surface area (Å²) in [6, 6.07) is 3.97. The summed E-state index contributed by atoms with van der Waals surface area (Å²) in [6.07, 6.45) is 2.57. The van der Waals surface area contributed by atoms with Gasteiger partial charge in [-0.15, -0.1) is 11.3 Å². The van der Waals surface area contributed by atoms with Crippen molar-refractivity contribution in [2.45, 2.75) is 39.2 Å². The molecule has 0 bridgehead atoms. The summed E-state index contributed by atoms with van der Waals surface area (Å²) < 4.78 is 5.66. The number of rotatable bonds is 3. The Hall–Kier alpha value is -2.41. The Labute approximate surface area is 143 Å². The van der Waals surface area contributed by atoms with Crippen molar-refractivity contribution in [2.24, 2.45) is 0 Å². The molecule has 1 atom stereocenters. The molecule has 2 N–H and O–H groups in total. The molecule has 1 unspecified atom stereocenters. The SMILES string of the molecule is Cc1[nH]nc2c1CC(NC(=O)c1nc(-c3cccs3)oc1C)CC2.